The first kappa shape index (κ1) is 24.4. The van der Waals surface area contributed by atoms with Gasteiger partial charge in [0.05, 0.1) is 19.4 Å². The van der Waals surface area contributed by atoms with Gasteiger partial charge in [-0.05, 0) is 42.3 Å². The predicted molar refractivity (Wildman–Crippen MR) is 128 cm³/mol. The third-order valence-electron chi connectivity index (χ3n) is 5.05. The first-order valence-electron chi connectivity index (χ1n) is 10.7. The standard InChI is InChI=1S/C25H28ClN3O4/c1-32-16-14-29(25(31)27-22-10-5-9-21(26)17-22)19-24(30)28(18-23-11-6-15-33-23)13-12-20-7-3-2-4-8-20/h2-11,15,17H,12-14,16,18-19H2,1H3,(H,27,31). The van der Waals surface area contributed by atoms with Gasteiger partial charge in [0.1, 0.15) is 12.3 Å². The second kappa shape index (κ2) is 12.7. The first-order valence-corrected chi connectivity index (χ1v) is 11.1. The number of furan rings is 1. The summed E-state index contributed by atoms with van der Waals surface area (Å²) in [7, 11) is 1.55. The van der Waals surface area contributed by atoms with E-state index in [0.29, 0.717) is 42.6 Å². The number of nitrogens with zero attached hydrogens (tertiary/aromatic N) is 2. The predicted octanol–water partition coefficient (Wildman–Crippen LogP) is 4.68. The minimum absolute atomic E-state index is 0.0920. The highest BCUT2D eigenvalue weighted by molar-refractivity contribution is 6.30. The van der Waals surface area contributed by atoms with Gasteiger partial charge < -0.3 is 24.3 Å². The number of rotatable bonds is 11. The van der Waals surface area contributed by atoms with Crippen molar-refractivity contribution in [3.63, 3.8) is 0 Å². The molecule has 8 heteroatoms. The number of benzene rings is 2. The Hall–Kier alpha value is -3.29. The maximum Gasteiger partial charge on any atom is 0.322 e. The van der Waals surface area contributed by atoms with Gasteiger partial charge in [-0.2, -0.15) is 0 Å². The van der Waals surface area contributed by atoms with Gasteiger partial charge in [-0.3, -0.25) is 4.79 Å². The largest absolute Gasteiger partial charge is 0.467 e. The van der Waals surface area contributed by atoms with E-state index in [4.69, 9.17) is 20.8 Å². The summed E-state index contributed by atoms with van der Waals surface area (Å²) in [5, 5.41) is 3.31. The quantitative estimate of drug-likeness (QED) is 0.442. The van der Waals surface area contributed by atoms with E-state index in [-0.39, 0.29) is 19.0 Å². The Kier molecular flexibility index (Phi) is 9.35. The summed E-state index contributed by atoms with van der Waals surface area (Å²) in [6.45, 7) is 1.30. The molecule has 1 heterocycles. The van der Waals surface area contributed by atoms with Crippen molar-refractivity contribution in [1.29, 1.82) is 0 Å². The zero-order chi connectivity index (χ0) is 23.5. The van der Waals surface area contributed by atoms with Gasteiger partial charge in [0.15, 0.2) is 0 Å². The smallest absolute Gasteiger partial charge is 0.322 e. The monoisotopic (exact) mass is 469 g/mol. The van der Waals surface area contributed by atoms with Crippen LogP contribution in [0.2, 0.25) is 5.02 Å². The molecule has 0 aliphatic carbocycles. The van der Waals surface area contributed by atoms with Crippen LogP contribution in [0.15, 0.2) is 77.4 Å². The normalized spacial score (nSPS) is 10.6. The fraction of sp³-hybridized carbons (Fsp3) is 0.280. The molecule has 3 rings (SSSR count). The van der Waals surface area contributed by atoms with Crippen molar-refractivity contribution >= 4 is 29.2 Å². The lowest BCUT2D eigenvalue weighted by Crippen LogP contribution is -2.46. The van der Waals surface area contributed by atoms with Crippen LogP contribution in [0.3, 0.4) is 0 Å². The van der Waals surface area contributed by atoms with Gasteiger partial charge in [-0.1, -0.05) is 48.0 Å². The maximum atomic E-state index is 13.3. The summed E-state index contributed by atoms with van der Waals surface area (Å²) in [4.78, 5) is 29.3. The Labute approximate surface area is 198 Å². The Balaban J connectivity index is 1.69. The molecule has 2 aromatic carbocycles. The van der Waals surface area contributed by atoms with Crippen molar-refractivity contribution in [2.75, 3.05) is 38.7 Å². The molecule has 0 fully saturated rings. The van der Waals surface area contributed by atoms with Crippen LogP contribution in [-0.4, -0.2) is 55.1 Å². The van der Waals surface area contributed by atoms with Crippen LogP contribution in [0.1, 0.15) is 11.3 Å². The van der Waals surface area contributed by atoms with Crippen LogP contribution in [0.25, 0.3) is 0 Å². The molecule has 1 aromatic heterocycles. The number of nitrogens with one attached hydrogen (secondary N) is 1. The summed E-state index contributed by atoms with van der Waals surface area (Å²) in [5.41, 5.74) is 1.68. The third kappa shape index (κ3) is 7.97. The molecule has 0 radical (unpaired) electrons. The van der Waals surface area contributed by atoms with Gasteiger partial charge in [0.2, 0.25) is 5.91 Å². The number of carbonyl (C=O) groups is 2. The number of hydrogen-bond acceptors (Lipinski definition) is 4. The highest BCUT2D eigenvalue weighted by Gasteiger charge is 2.22. The Bertz CT molecular complexity index is 1010. The Morgan fingerprint density at radius 3 is 2.52 bits per heavy atom. The molecule has 0 saturated carbocycles. The second-order valence-corrected chi connectivity index (χ2v) is 7.92. The number of urea groups is 1. The summed E-state index contributed by atoms with van der Waals surface area (Å²) in [6, 6.07) is 20.0. The lowest BCUT2D eigenvalue weighted by atomic mass is 10.1. The van der Waals surface area contributed by atoms with Crippen molar-refractivity contribution in [3.8, 4) is 0 Å². The van der Waals surface area contributed by atoms with Gasteiger partial charge in [0, 0.05) is 30.9 Å². The molecule has 174 valence electrons. The number of carbonyl (C=O) groups excluding carboxylic acids is 2. The van der Waals surface area contributed by atoms with Crippen molar-refractivity contribution < 1.29 is 18.7 Å². The molecule has 1 N–H and O–H groups in total. The molecule has 7 nitrogen and oxygen atoms in total. The van der Waals surface area contributed by atoms with Gasteiger partial charge in [0.25, 0.3) is 0 Å². The number of anilines is 1. The summed E-state index contributed by atoms with van der Waals surface area (Å²) in [5.74, 6) is 0.503. The van der Waals surface area contributed by atoms with E-state index >= 15 is 0 Å². The minimum atomic E-state index is -0.399. The van der Waals surface area contributed by atoms with E-state index in [1.165, 1.54) is 4.90 Å². The highest BCUT2D eigenvalue weighted by Crippen LogP contribution is 2.16. The fourth-order valence-electron chi connectivity index (χ4n) is 3.28. The molecule has 0 saturated heterocycles. The van der Waals surface area contributed by atoms with Gasteiger partial charge in [-0.25, -0.2) is 4.79 Å². The van der Waals surface area contributed by atoms with E-state index in [2.05, 4.69) is 5.32 Å². The molecule has 0 aliphatic heterocycles. The number of ether oxygens (including phenoxy) is 1. The zero-order valence-corrected chi connectivity index (χ0v) is 19.3. The number of amides is 3. The molecule has 0 atom stereocenters. The van der Waals surface area contributed by atoms with Crippen molar-refractivity contribution in [3.05, 3.63) is 89.3 Å². The van der Waals surface area contributed by atoms with Crippen LogP contribution < -0.4 is 5.32 Å². The molecular weight excluding hydrogens is 442 g/mol. The molecule has 3 aromatic rings. The van der Waals surface area contributed by atoms with Crippen LogP contribution in [-0.2, 0) is 22.5 Å². The summed E-state index contributed by atoms with van der Waals surface area (Å²) >= 11 is 6.02. The third-order valence-corrected chi connectivity index (χ3v) is 5.28. The maximum absolute atomic E-state index is 13.3. The van der Waals surface area contributed by atoms with E-state index in [0.717, 1.165) is 5.56 Å². The van der Waals surface area contributed by atoms with Crippen LogP contribution in [0.4, 0.5) is 10.5 Å². The number of halogens is 1. The van der Waals surface area contributed by atoms with Gasteiger partial charge >= 0.3 is 6.03 Å². The Morgan fingerprint density at radius 2 is 1.82 bits per heavy atom. The second-order valence-electron chi connectivity index (χ2n) is 7.49. The molecular formula is C25H28ClN3O4. The lowest BCUT2D eigenvalue weighted by Gasteiger charge is -2.27. The van der Waals surface area contributed by atoms with Crippen molar-refractivity contribution in [2.45, 2.75) is 13.0 Å². The SMILES string of the molecule is COCCN(CC(=O)N(CCc1ccccc1)Cc1ccco1)C(=O)Nc1cccc(Cl)c1. The summed E-state index contributed by atoms with van der Waals surface area (Å²) in [6.07, 6.45) is 2.28. The Morgan fingerprint density at radius 1 is 1.00 bits per heavy atom. The molecule has 0 bridgehead atoms. The van der Waals surface area contributed by atoms with E-state index in [9.17, 15) is 9.59 Å². The van der Waals surface area contributed by atoms with Crippen LogP contribution >= 0.6 is 11.6 Å². The average molecular weight is 470 g/mol. The molecule has 33 heavy (non-hydrogen) atoms. The number of hydrogen-bond donors (Lipinski definition) is 1. The fourth-order valence-corrected chi connectivity index (χ4v) is 3.47. The van der Waals surface area contributed by atoms with E-state index in [1.807, 2.05) is 36.4 Å². The van der Waals surface area contributed by atoms with Crippen molar-refractivity contribution in [2.24, 2.45) is 0 Å². The lowest BCUT2D eigenvalue weighted by molar-refractivity contribution is -0.132. The summed E-state index contributed by atoms with van der Waals surface area (Å²) < 4.78 is 10.6. The molecule has 3 amide bonds. The van der Waals surface area contributed by atoms with Crippen LogP contribution in [0.5, 0.6) is 0 Å². The van der Waals surface area contributed by atoms with Gasteiger partial charge in [-0.15, -0.1) is 0 Å². The molecule has 0 spiro atoms. The number of methoxy groups -OCH3 is 1. The van der Waals surface area contributed by atoms with E-state index < -0.39 is 6.03 Å². The average Bonchev–Trinajstić information content (AvgIpc) is 3.33. The van der Waals surface area contributed by atoms with E-state index in [1.54, 1.807) is 48.6 Å². The topological polar surface area (TPSA) is 75.0 Å². The zero-order valence-electron chi connectivity index (χ0n) is 18.6. The molecule has 0 unspecified atom stereocenters. The van der Waals surface area contributed by atoms with Crippen molar-refractivity contribution in [1.82, 2.24) is 9.80 Å². The first-order chi connectivity index (χ1) is 16.0. The molecule has 0 aliphatic rings. The van der Waals surface area contributed by atoms with Crippen LogP contribution in [0, 0.1) is 0 Å². The highest BCUT2D eigenvalue weighted by atomic mass is 35.5. The minimum Gasteiger partial charge on any atom is -0.467 e.